The molecule has 2 aliphatic heterocycles. The number of hydrogen-bond donors (Lipinski definition) is 4. The summed E-state index contributed by atoms with van der Waals surface area (Å²) in [6.45, 7) is -0.151. The van der Waals surface area contributed by atoms with E-state index in [4.69, 9.17) is 9.15 Å². The average Bonchev–Trinajstić information content (AvgIpc) is 4.26. The number of aromatic nitrogens is 3. The summed E-state index contributed by atoms with van der Waals surface area (Å²) < 4.78 is 81.5. The lowest BCUT2D eigenvalue weighted by Gasteiger charge is -2.29. The molecule has 5 aliphatic rings. The Morgan fingerprint density at radius 2 is 1.76 bits per heavy atom. The number of furan rings is 1. The first-order chi connectivity index (χ1) is 31.6. The third-order valence-electron chi connectivity index (χ3n) is 12.7. The lowest BCUT2D eigenvalue weighted by Crippen LogP contribution is -2.57. The number of para-hydroxylation sites is 1. The summed E-state index contributed by atoms with van der Waals surface area (Å²) in [5.41, 5.74) is -1.07. The molecule has 4 amide bonds. The van der Waals surface area contributed by atoms with Crippen molar-refractivity contribution in [2.24, 2.45) is 5.92 Å². The number of thiazole rings is 1. The van der Waals surface area contributed by atoms with Crippen LogP contribution in [-0.4, -0.2) is 93.5 Å². The summed E-state index contributed by atoms with van der Waals surface area (Å²) >= 11 is 1.17. The van der Waals surface area contributed by atoms with Crippen molar-refractivity contribution in [3.63, 3.8) is 0 Å². The summed E-state index contributed by atoms with van der Waals surface area (Å²) in [5.74, 6) is -2.88. The Balaban J connectivity index is 0.990. The molecule has 21 heteroatoms. The number of nitrogens with zero attached hydrogens (tertiary/aromatic N) is 4. The number of benzene rings is 2. The fourth-order valence-corrected chi connectivity index (χ4v) is 10.8. The lowest BCUT2D eigenvalue weighted by atomic mass is 10.1. The highest BCUT2D eigenvalue weighted by Gasteiger charge is 2.62. The number of rotatable bonds is 10. The predicted octanol–water partition coefficient (Wildman–Crippen LogP) is 6.24. The van der Waals surface area contributed by atoms with Crippen molar-refractivity contribution in [2.45, 2.75) is 112 Å². The monoisotopic (exact) mass is 946 g/mol. The minimum Gasteiger partial charge on any atom is -0.470 e. The number of hydrogen-bond acceptors (Lipinski definition) is 13. The molecule has 5 aromatic rings. The Morgan fingerprint density at radius 3 is 2.52 bits per heavy atom. The maximum Gasteiger partial charge on any atom is 0.416 e. The predicted molar refractivity (Wildman–Crippen MR) is 236 cm³/mol. The van der Waals surface area contributed by atoms with Gasteiger partial charge in [0.05, 0.1) is 17.4 Å². The molecule has 0 unspecified atom stereocenters. The molecule has 1 saturated heterocycles. The van der Waals surface area contributed by atoms with Gasteiger partial charge in [-0.15, -0.1) is 11.3 Å². The van der Waals surface area contributed by atoms with Crippen LogP contribution in [0.2, 0.25) is 0 Å². The van der Waals surface area contributed by atoms with Gasteiger partial charge >= 0.3 is 6.18 Å². The summed E-state index contributed by atoms with van der Waals surface area (Å²) in [7, 11) is -3.97. The molecule has 66 heavy (non-hydrogen) atoms. The number of alkyl halides is 3. The van der Waals surface area contributed by atoms with Gasteiger partial charge in [-0.05, 0) is 75.6 Å². The molecule has 0 spiro atoms. The minimum atomic E-state index is -4.57. The van der Waals surface area contributed by atoms with Crippen LogP contribution in [0.5, 0.6) is 5.88 Å². The lowest BCUT2D eigenvalue weighted by molar-refractivity contribution is -0.140. The van der Waals surface area contributed by atoms with Gasteiger partial charge < -0.3 is 30.0 Å². The smallest absolute Gasteiger partial charge is 0.416 e. The van der Waals surface area contributed by atoms with E-state index < -0.39 is 74.4 Å². The Morgan fingerprint density at radius 1 is 0.970 bits per heavy atom. The number of allylic oxidation sites excluding steroid dienone is 1. The van der Waals surface area contributed by atoms with Crippen molar-refractivity contribution in [1.82, 2.24) is 35.2 Å². The Labute approximate surface area is 380 Å². The van der Waals surface area contributed by atoms with Crippen molar-refractivity contribution < 1.29 is 49.9 Å². The molecule has 4 fully saturated rings. The van der Waals surface area contributed by atoms with Gasteiger partial charge in [0, 0.05) is 34.7 Å². The largest absolute Gasteiger partial charge is 0.470 e. The Kier molecular flexibility index (Phi) is 11.3. The molecule has 3 aromatic heterocycles. The number of carbonyl (C=O) groups excluding carboxylic acids is 4. The normalized spacial score (nSPS) is 25.5. The van der Waals surface area contributed by atoms with Crippen LogP contribution in [-0.2, 0) is 30.6 Å². The Bertz CT molecular complexity index is 2880. The van der Waals surface area contributed by atoms with Crippen LogP contribution in [0, 0.1) is 5.92 Å². The molecule has 5 atom stereocenters. The standard InChI is InChI=1S/C45H45F3N8O8S2/c46-45(47,48)25-14-12-24(13-15-25)37-52-35-30-9-6-7-11-34(30)64-36(35)40(53-37)63-28-20-33-39(58)54-44(42(60)55-66(61,62)29-18-19-29)21-26(44)8-4-2-1-3-5-10-31(41(59)56(33)22-28)50-43-51-32(23-65-43)38(57)49-27-16-17-27/h4,6-9,11-15,23,26-29,31,33H,1-3,5,10,16-22H2,(H,49,57)(H,50,51)(H,54,58)(H,55,60)/b8-4-/t26-,28-,31+,33+,44-/m1/s1. The first-order valence-corrected chi connectivity index (χ1v) is 24.5. The van der Waals surface area contributed by atoms with Crippen molar-refractivity contribution in [2.75, 3.05) is 11.9 Å². The second-order valence-corrected chi connectivity index (χ2v) is 20.5. The third kappa shape index (κ3) is 8.93. The first kappa shape index (κ1) is 43.8. The fourth-order valence-electron chi connectivity index (χ4n) is 8.67. The number of carbonyl (C=O) groups is 4. The van der Waals surface area contributed by atoms with Gasteiger partial charge in [-0.3, -0.25) is 23.9 Å². The zero-order valence-electron chi connectivity index (χ0n) is 35.3. The molecule has 2 aromatic carbocycles. The van der Waals surface area contributed by atoms with Crippen LogP contribution in [0.25, 0.3) is 33.5 Å². The summed E-state index contributed by atoms with van der Waals surface area (Å²) in [6.07, 6.45) is 4.09. The van der Waals surface area contributed by atoms with E-state index in [1.54, 1.807) is 29.6 Å². The van der Waals surface area contributed by atoms with E-state index in [0.717, 1.165) is 37.8 Å². The third-order valence-corrected chi connectivity index (χ3v) is 15.3. The molecule has 4 N–H and O–H groups in total. The average molecular weight is 947 g/mol. The van der Waals surface area contributed by atoms with Gasteiger partial charge in [0.25, 0.3) is 17.7 Å². The maximum absolute atomic E-state index is 15.0. The highest BCUT2D eigenvalue weighted by Crippen LogP contribution is 2.46. The highest BCUT2D eigenvalue weighted by molar-refractivity contribution is 7.91. The van der Waals surface area contributed by atoms with Crippen LogP contribution >= 0.6 is 11.3 Å². The van der Waals surface area contributed by atoms with E-state index in [9.17, 15) is 40.8 Å². The summed E-state index contributed by atoms with van der Waals surface area (Å²) in [6, 6.07) is 9.36. The van der Waals surface area contributed by atoms with E-state index in [2.05, 4.69) is 35.6 Å². The molecule has 0 bridgehead atoms. The molecule has 10 rings (SSSR count). The van der Waals surface area contributed by atoms with E-state index in [1.165, 1.54) is 28.4 Å². The molecule has 16 nitrogen and oxygen atoms in total. The van der Waals surface area contributed by atoms with Crippen molar-refractivity contribution in [3.05, 3.63) is 77.3 Å². The molecule has 0 radical (unpaired) electrons. The summed E-state index contributed by atoms with van der Waals surface area (Å²) in [5, 5.41) is 10.9. The number of halogens is 3. The van der Waals surface area contributed by atoms with Crippen molar-refractivity contribution in [1.29, 1.82) is 0 Å². The SMILES string of the molecule is O=C(NC1CC1)c1csc(N[C@H]2CCCCC/C=C\[C@@H]3C[C@@]3(C(=O)NS(=O)(=O)C3CC3)NC(=O)[C@@H]3C[C@@H](Oc4nc(-c5ccc(C(F)(F)F)cc5)nc5c4oc4ccccc45)CN3C2=O)n1. The second kappa shape index (κ2) is 17.0. The van der Waals surface area contributed by atoms with Crippen LogP contribution in [0.1, 0.15) is 86.7 Å². The second-order valence-electron chi connectivity index (χ2n) is 17.7. The van der Waals surface area contributed by atoms with Gasteiger partial charge in [0.15, 0.2) is 11.0 Å². The van der Waals surface area contributed by atoms with E-state index >= 15 is 0 Å². The number of fused-ring (bicyclic) bond motifs is 5. The minimum absolute atomic E-state index is 0.0410. The van der Waals surface area contributed by atoms with Crippen molar-refractivity contribution in [3.8, 4) is 17.3 Å². The number of sulfonamides is 1. The molecular formula is C45H45F3N8O8S2. The highest BCUT2D eigenvalue weighted by atomic mass is 32.2. The topological polar surface area (TPSA) is 215 Å². The van der Waals surface area contributed by atoms with E-state index in [-0.39, 0.29) is 59.9 Å². The molecule has 3 saturated carbocycles. The molecule has 5 heterocycles. The van der Waals surface area contributed by atoms with Gasteiger partial charge in [-0.25, -0.2) is 18.4 Å². The van der Waals surface area contributed by atoms with Crippen LogP contribution in [0.3, 0.4) is 0 Å². The van der Waals surface area contributed by atoms with Gasteiger partial charge in [0.2, 0.25) is 27.4 Å². The van der Waals surface area contributed by atoms with E-state index in [1.807, 2.05) is 12.2 Å². The van der Waals surface area contributed by atoms with Crippen molar-refractivity contribution >= 4 is 72.2 Å². The van der Waals surface area contributed by atoms with Gasteiger partial charge in [0.1, 0.15) is 40.5 Å². The zero-order chi connectivity index (χ0) is 46.0. The molecule has 346 valence electrons. The first-order valence-electron chi connectivity index (χ1n) is 22.1. The quantitative estimate of drug-likeness (QED) is 0.115. The van der Waals surface area contributed by atoms with Crippen LogP contribution in [0.15, 0.2) is 70.5 Å². The fraction of sp³-hybridized carbons (Fsp3) is 0.444. The maximum atomic E-state index is 15.0. The van der Waals surface area contributed by atoms with E-state index in [0.29, 0.717) is 53.7 Å². The molecule has 3 aliphatic carbocycles. The zero-order valence-corrected chi connectivity index (χ0v) is 36.9. The van der Waals surface area contributed by atoms with Gasteiger partial charge in [-0.1, -0.05) is 49.3 Å². The van der Waals surface area contributed by atoms with Crippen LogP contribution in [0.4, 0.5) is 18.3 Å². The van der Waals surface area contributed by atoms with Gasteiger partial charge in [-0.2, -0.15) is 18.2 Å². The number of nitrogens with one attached hydrogen (secondary N) is 4. The summed E-state index contributed by atoms with van der Waals surface area (Å²) in [4.78, 5) is 71.6. The number of ether oxygens (including phenoxy) is 1. The Hall–Kier alpha value is -6.09. The number of anilines is 1. The number of amides is 4. The van der Waals surface area contributed by atoms with Crippen LogP contribution < -0.4 is 25.4 Å². The molecular weight excluding hydrogens is 902 g/mol.